The molecule has 4 nitrogen and oxygen atoms in total. The van der Waals surface area contributed by atoms with Gasteiger partial charge in [-0.05, 0) is 59.9 Å². The number of carboxylic acid groups (broad SMARTS) is 1. The molecule has 1 aromatic rings. The van der Waals surface area contributed by atoms with Gasteiger partial charge in [0.05, 0.1) is 0 Å². The van der Waals surface area contributed by atoms with Gasteiger partial charge in [0.15, 0.2) is 0 Å². The third kappa shape index (κ3) is 4.85. The van der Waals surface area contributed by atoms with Crippen molar-refractivity contribution >= 4 is 28.7 Å². The molecule has 2 rings (SSSR count). The molecule has 24 heavy (non-hydrogen) atoms. The first-order valence-corrected chi connectivity index (χ1v) is 10.1. The minimum absolute atomic E-state index is 0.135. The second-order valence-corrected chi connectivity index (χ2v) is 7.81. The van der Waals surface area contributed by atoms with E-state index in [4.69, 9.17) is 0 Å². The molecular formula is C19H28INO3. The zero-order valence-corrected chi connectivity index (χ0v) is 16.5. The van der Waals surface area contributed by atoms with Gasteiger partial charge in [0.25, 0.3) is 0 Å². The fourth-order valence-corrected chi connectivity index (χ4v) is 4.58. The van der Waals surface area contributed by atoms with Gasteiger partial charge in [0.1, 0.15) is 6.23 Å². The van der Waals surface area contributed by atoms with Crippen LogP contribution in [0.4, 0.5) is 4.79 Å². The van der Waals surface area contributed by atoms with Crippen molar-refractivity contribution in [2.75, 3.05) is 0 Å². The number of hydrogen-bond donors (Lipinski definition) is 2. The molecule has 0 radical (unpaired) electrons. The summed E-state index contributed by atoms with van der Waals surface area (Å²) >= 11 is 2.33. The molecular weight excluding hydrogens is 417 g/mol. The van der Waals surface area contributed by atoms with Crippen LogP contribution in [0.3, 0.4) is 0 Å². The highest BCUT2D eigenvalue weighted by molar-refractivity contribution is 14.1. The summed E-state index contributed by atoms with van der Waals surface area (Å²) in [4.78, 5) is 13.2. The zero-order chi connectivity index (χ0) is 17.5. The summed E-state index contributed by atoms with van der Waals surface area (Å²) in [6.45, 7) is 2.11. The van der Waals surface area contributed by atoms with Crippen LogP contribution in [-0.2, 0) is 0 Å². The highest BCUT2D eigenvalue weighted by atomic mass is 127. The molecule has 2 N–H and O–H groups in total. The molecule has 1 saturated carbocycles. The first-order chi connectivity index (χ1) is 11.6. The Balaban J connectivity index is 2.22. The summed E-state index contributed by atoms with van der Waals surface area (Å²) in [5.74, 6) is 0.170. The van der Waals surface area contributed by atoms with Crippen molar-refractivity contribution in [3.63, 3.8) is 0 Å². The molecule has 1 aromatic carbocycles. The highest BCUT2D eigenvalue weighted by Gasteiger charge is 2.37. The van der Waals surface area contributed by atoms with Gasteiger partial charge in [-0.15, -0.1) is 0 Å². The Bertz CT molecular complexity index is 537. The zero-order valence-electron chi connectivity index (χ0n) is 14.3. The van der Waals surface area contributed by atoms with Crippen LogP contribution in [0.15, 0.2) is 24.3 Å². The number of amides is 1. The van der Waals surface area contributed by atoms with Crippen molar-refractivity contribution in [1.82, 2.24) is 4.90 Å². The number of aliphatic hydroxyl groups is 1. The van der Waals surface area contributed by atoms with Crippen molar-refractivity contribution in [3.05, 3.63) is 33.4 Å². The Morgan fingerprint density at radius 3 is 2.67 bits per heavy atom. The smallest absolute Gasteiger partial charge is 0.409 e. The molecule has 1 unspecified atom stereocenters. The average Bonchev–Trinajstić information content (AvgIpc) is 2.56. The fraction of sp³-hybridized carbons (Fsp3) is 0.632. The molecule has 0 bridgehead atoms. The van der Waals surface area contributed by atoms with Crippen LogP contribution in [0.2, 0.25) is 0 Å². The first-order valence-electron chi connectivity index (χ1n) is 9.00. The average molecular weight is 445 g/mol. The molecule has 0 heterocycles. The fourth-order valence-electron chi connectivity index (χ4n) is 3.79. The molecule has 1 amide bonds. The molecule has 0 aliphatic heterocycles. The Hall–Kier alpha value is -0.820. The van der Waals surface area contributed by atoms with Gasteiger partial charge in [-0.3, -0.25) is 4.90 Å². The minimum atomic E-state index is -0.998. The lowest BCUT2D eigenvalue weighted by atomic mass is 9.79. The lowest BCUT2D eigenvalue weighted by Crippen LogP contribution is -2.50. The van der Waals surface area contributed by atoms with Gasteiger partial charge in [0, 0.05) is 15.5 Å². The maximum Gasteiger partial charge on any atom is 0.409 e. The quantitative estimate of drug-likeness (QED) is 0.345. The van der Waals surface area contributed by atoms with Gasteiger partial charge >= 0.3 is 6.09 Å². The van der Waals surface area contributed by atoms with E-state index in [0.717, 1.165) is 44.9 Å². The van der Waals surface area contributed by atoms with E-state index >= 15 is 0 Å². The van der Waals surface area contributed by atoms with Gasteiger partial charge in [-0.25, -0.2) is 4.79 Å². The largest absolute Gasteiger partial charge is 0.465 e. The second kappa shape index (κ2) is 9.61. The van der Waals surface area contributed by atoms with Crippen molar-refractivity contribution in [3.8, 4) is 0 Å². The van der Waals surface area contributed by atoms with Crippen LogP contribution in [0.1, 0.15) is 69.8 Å². The normalized spacial score (nSPS) is 22.1. The van der Waals surface area contributed by atoms with Crippen molar-refractivity contribution in [1.29, 1.82) is 0 Å². The van der Waals surface area contributed by atoms with E-state index in [1.807, 2.05) is 12.1 Å². The number of aliphatic hydroxyl groups excluding tert-OH is 1. The summed E-state index contributed by atoms with van der Waals surface area (Å²) in [6, 6.07) is 8.08. The van der Waals surface area contributed by atoms with E-state index in [2.05, 4.69) is 41.6 Å². The number of halogens is 1. The Morgan fingerprint density at radius 1 is 1.29 bits per heavy atom. The van der Waals surface area contributed by atoms with Gasteiger partial charge in [0.2, 0.25) is 0 Å². The molecule has 3 atom stereocenters. The van der Waals surface area contributed by atoms with E-state index in [1.165, 1.54) is 14.0 Å². The van der Waals surface area contributed by atoms with Crippen LogP contribution in [0.25, 0.3) is 0 Å². The summed E-state index contributed by atoms with van der Waals surface area (Å²) in [5, 5.41) is 20.3. The van der Waals surface area contributed by atoms with Crippen LogP contribution >= 0.6 is 22.6 Å². The SMILES string of the molecule is CCCCCC(O)N(C(=O)O)[C@H]1CCCC[C@H]1c1ccccc1I. The van der Waals surface area contributed by atoms with Gasteiger partial charge < -0.3 is 10.2 Å². The molecule has 0 spiro atoms. The molecule has 5 heteroatoms. The maximum atomic E-state index is 11.9. The minimum Gasteiger partial charge on any atom is -0.465 e. The van der Waals surface area contributed by atoms with E-state index in [9.17, 15) is 15.0 Å². The number of unbranched alkanes of at least 4 members (excludes halogenated alkanes) is 2. The number of nitrogens with zero attached hydrogens (tertiary/aromatic N) is 1. The summed E-state index contributed by atoms with van der Waals surface area (Å²) in [6.07, 6.45) is 5.52. The first kappa shape index (κ1) is 19.5. The standard InChI is InChI=1S/C19H28INO3/c1-2-3-4-13-18(22)21(19(23)24)17-12-8-6-10-15(17)14-9-5-7-11-16(14)20/h5,7,9,11,15,17-18,22H,2-4,6,8,10,12-13H2,1H3,(H,23,24)/t15-,17-,18?/m0/s1. The lowest BCUT2D eigenvalue weighted by molar-refractivity contribution is -0.0312. The molecule has 1 aliphatic rings. The number of benzene rings is 1. The predicted molar refractivity (Wildman–Crippen MR) is 104 cm³/mol. The summed E-state index contributed by atoms with van der Waals surface area (Å²) < 4.78 is 1.18. The molecule has 0 saturated heterocycles. The van der Waals surface area contributed by atoms with Crippen molar-refractivity contribution < 1.29 is 15.0 Å². The molecule has 134 valence electrons. The van der Waals surface area contributed by atoms with E-state index < -0.39 is 12.3 Å². The Labute approximate surface area is 158 Å². The van der Waals surface area contributed by atoms with Gasteiger partial charge in [-0.2, -0.15) is 0 Å². The number of rotatable bonds is 7. The predicted octanol–water partition coefficient (Wildman–Crippen LogP) is 5.20. The Kier molecular flexibility index (Phi) is 7.81. The highest BCUT2D eigenvalue weighted by Crippen LogP contribution is 2.39. The molecule has 1 aliphatic carbocycles. The van der Waals surface area contributed by atoms with E-state index in [-0.39, 0.29) is 12.0 Å². The third-order valence-electron chi connectivity index (χ3n) is 5.00. The summed E-state index contributed by atoms with van der Waals surface area (Å²) in [5.41, 5.74) is 1.22. The van der Waals surface area contributed by atoms with Crippen LogP contribution in [0.5, 0.6) is 0 Å². The van der Waals surface area contributed by atoms with Crippen LogP contribution < -0.4 is 0 Å². The van der Waals surface area contributed by atoms with Crippen molar-refractivity contribution in [2.24, 2.45) is 0 Å². The van der Waals surface area contributed by atoms with Crippen molar-refractivity contribution in [2.45, 2.75) is 76.5 Å². The van der Waals surface area contributed by atoms with Crippen LogP contribution in [-0.4, -0.2) is 33.5 Å². The summed E-state index contributed by atoms with van der Waals surface area (Å²) in [7, 11) is 0. The lowest BCUT2D eigenvalue weighted by Gasteiger charge is -2.41. The molecule has 1 fully saturated rings. The topological polar surface area (TPSA) is 60.8 Å². The third-order valence-corrected chi connectivity index (χ3v) is 5.98. The molecule has 0 aromatic heterocycles. The number of carbonyl (C=O) groups is 1. The Morgan fingerprint density at radius 2 is 2.00 bits per heavy atom. The van der Waals surface area contributed by atoms with Crippen LogP contribution in [0, 0.1) is 3.57 Å². The maximum absolute atomic E-state index is 11.9. The monoisotopic (exact) mass is 445 g/mol. The van der Waals surface area contributed by atoms with E-state index in [0.29, 0.717) is 6.42 Å². The van der Waals surface area contributed by atoms with E-state index in [1.54, 1.807) is 0 Å². The van der Waals surface area contributed by atoms with Gasteiger partial charge in [-0.1, -0.05) is 50.8 Å². The second-order valence-electron chi connectivity index (χ2n) is 6.65. The number of hydrogen-bond acceptors (Lipinski definition) is 2.